The summed E-state index contributed by atoms with van der Waals surface area (Å²) < 4.78 is 0. The topological polar surface area (TPSA) is 34.1 Å². The van der Waals surface area contributed by atoms with Gasteiger partial charge in [-0.1, -0.05) is 5.16 Å². The summed E-state index contributed by atoms with van der Waals surface area (Å²) in [5.74, 6) is 0. The molecule has 0 atom stereocenters. The molecular weight excluding hydrogens is 144 g/mol. The second-order valence-electron chi connectivity index (χ2n) is 2.22. The molecule has 4 nitrogen and oxygen atoms in total. The van der Waals surface area contributed by atoms with Crippen LogP contribution in [0.15, 0.2) is 5.16 Å². The molecule has 4 heteroatoms. The standard InChI is InChI=1S/C4H9NO.C3H9NO/c1-4(2)5-6-3;1-4(2)5-3/h1-3H3;1-3H3. The molecule has 0 saturated heterocycles. The Balaban J connectivity index is 0. The second-order valence-corrected chi connectivity index (χ2v) is 2.22. The van der Waals surface area contributed by atoms with Crippen LogP contribution in [-0.4, -0.2) is 39.1 Å². The molecule has 0 aliphatic heterocycles. The fourth-order valence-electron chi connectivity index (χ4n) is 0.183. The van der Waals surface area contributed by atoms with Gasteiger partial charge in [0.1, 0.15) is 7.11 Å². The van der Waals surface area contributed by atoms with Crippen LogP contribution in [0.25, 0.3) is 0 Å². The highest BCUT2D eigenvalue weighted by Crippen LogP contribution is 1.71. The first kappa shape index (κ1) is 13.0. The molecule has 0 aromatic carbocycles. The van der Waals surface area contributed by atoms with Crippen molar-refractivity contribution in [2.75, 3.05) is 28.3 Å². The molecule has 68 valence electrons. The third-order valence-electron chi connectivity index (χ3n) is 0.639. The Kier molecular flexibility index (Phi) is 11.1. The van der Waals surface area contributed by atoms with Crippen LogP contribution in [0.1, 0.15) is 13.8 Å². The van der Waals surface area contributed by atoms with Gasteiger partial charge in [0.25, 0.3) is 0 Å². The van der Waals surface area contributed by atoms with Crippen LogP contribution >= 0.6 is 0 Å². The third kappa shape index (κ3) is 26.6. The smallest absolute Gasteiger partial charge is 0.106 e. The van der Waals surface area contributed by atoms with Crippen LogP contribution in [0.5, 0.6) is 0 Å². The van der Waals surface area contributed by atoms with Crippen molar-refractivity contribution < 1.29 is 9.68 Å². The summed E-state index contributed by atoms with van der Waals surface area (Å²) in [6.07, 6.45) is 0. The number of hydroxylamine groups is 2. The zero-order valence-electron chi connectivity index (χ0n) is 8.21. The number of nitrogens with zero attached hydrogens (tertiary/aromatic N) is 2. The number of rotatable bonds is 2. The van der Waals surface area contributed by atoms with Crippen LogP contribution < -0.4 is 0 Å². The van der Waals surface area contributed by atoms with E-state index in [1.165, 1.54) is 7.11 Å². The summed E-state index contributed by atoms with van der Waals surface area (Å²) in [5.41, 5.74) is 0.942. The molecule has 0 fully saturated rings. The minimum Gasteiger partial charge on any atom is -0.399 e. The maximum absolute atomic E-state index is 4.58. The van der Waals surface area contributed by atoms with E-state index in [1.807, 2.05) is 27.9 Å². The third-order valence-corrected chi connectivity index (χ3v) is 0.639. The number of hydrogen-bond acceptors (Lipinski definition) is 4. The summed E-state index contributed by atoms with van der Waals surface area (Å²) in [6, 6.07) is 0. The van der Waals surface area contributed by atoms with E-state index >= 15 is 0 Å². The monoisotopic (exact) mass is 162 g/mol. The first-order valence-electron chi connectivity index (χ1n) is 3.30. The molecule has 0 radical (unpaired) electrons. The SMILES string of the molecule is CON(C)C.CON=C(C)C. The molecular formula is C7H18N2O2. The lowest BCUT2D eigenvalue weighted by Gasteiger charge is -2.01. The lowest BCUT2D eigenvalue weighted by Crippen LogP contribution is -2.07. The summed E-state index contributed by atoms with van der Waals surface area (Å²) >= 11 is 0. The van der Waals surface area contributed by atoms with E-state index in [-0.39, 0.29) is 0 Å². The molecule has 0 aromatic heterocycles. The van der Waals surface area contributed by atoms with Crippen molar-refractivity contribution in [3.8, 4) is 0 Å². The predicted octanol–water partition coefficient (Wildman–Crippen LogP) is 1.14. The highest BCUT2D eigenvalue weighted by molar-refractivity contribution is 5.78. The minimum atomic E-state index is 0.942. The molecule has 0 bridgehead atoms. The molecule has 0 N–H and O–H groups in total. The van der Waals surface area contributed by atoms with E-state index in [0.717, 1.165) is 5.71 Å². The predicted molar refractivity (Wildman–Crippen MR) is 46.5 cm³/mol. The van der Waals surface area contributed by atoms with Crippen LogP contribution in [0.4, 0.5) is 0 Å². The second kappa shape index (κ2) is 9.39. The van der Waals surface area contributed by atoms with Gasteiger partial charge in [0.05, 0.1) is 12.8 Å². The molecule has 0 unspecified atom stereocenters. The Morgan fingerprint density at radius 2 is 1.55 bits per heavy atom. The average Bonchev–Trinajstić information content (AvgIpc) is 1.89. The zero-order chi connectivity index (χ0) is 9.28. The fraction of sp³-hybridized carbons (Fsp3) is 0.857. The van der Waals surface area contributed by atoms with Gasteiger partial charge in [-0.3, -0.25) is 0 Å². The average molecular weight is 162 g/mol. The maximum atomic E-state index is 4.58. The fourth-order valence-corrected chi connectivity index (χ4v) is 0.183. The Labute approximate surface area is 68.7 Å². The summed E-state index contributed by atoms with van der Waals surface area (Å²) in [4.78, 5) is 8.97. The van der Waals surface area contributed by atoms with Crippen molar-refractivity contribution >= 4 is 5.71 Å². The summed E-state index contributed by atoms with van der Waals surface area (Å²) in [6.45, 7) is 3.76. The quantitative estimate of drug-likeness (QED) is 0.451. The van der Waals surface area contributed by atoms with E-state index < -0.39 is 0 Å². The van der Waals surface area contributed by atoms with Gasteiger partial charge in [0.2, 0.25) is 0 Å². The normalized spacial score (nSPS) is 8.27. The molecule has 0 spiro atoms. The Bertz CT molecular complexity index is 98.6. The highest BCUT2D eigenvalue weighted by atomic mass is 16.7. The molecule has 0 heterocycles. The van der Waals surface area contributed by atoms with Gasteiger partial charge in [-0.05, 0) is 13.8 Å². The number of hydrogen-bond donors (Lipinski definition) is 0. The summed E-state index contributed by atoms with van der Waals surface area (Å²) in [5, 5.41) is 5.17. The Morgan fingerprint density at radius 3 is 1.55 bits per heavy atom. The Hall–Kier alpha value is -0.610. The first-order chi connectivity index (χ1) is 5.04. The lowest BCUT2D eigenvalue weighted by molar-refractivity contribution is -0.0855. The Morgan fingerprint density at radius 1 is 1.18 bits per heavy atom. The molecule has 0 aliphatic rings. The van der Waals surface area contributed by atoms with Crippen LogP contribution in [0, 0.1) is 0 Å². The van der Waals surface area contributed by atoms with Gasteiger partial charge in [0.15, 0.2) is 0 Å². The van der Waals surface area contributed by atoms with Crippen LogP contribution in [0.3, 0.4) is 0 Å². The van der Waals surface area contributed by atoms with Crippen LogP contribution in [0.2, 0.25) is 0 Å². The van der Waals surface area contributed by atoms with E-state index in [1.54, 1.807) is 12.2 Å². The van der Waals surface area contributed by atoms with Crippen molar-refractivity contribution in [3.63, 3.8) is 0 Å². The van der Waals surface area contributed by atoms with Gasteiger partial charge < -0.3 is 9.68 Å². The zero-order valence-corrected chi connectivity index (χ0v) is 8.21. The van der Waals surface area contributed by atoms with Gasteiger partial charge >= 0.3 is 0 Å². The van der Waals surface area contributed by atoms with Crippen molar-refractivity contribution in [1.29, 1.82) is 0 Å². The van der Waals surface area contributed by atoms with Gasteiger partial charge in [-0.2, -0.15) is 5.06 Å². The van der Waals surface area contributed by atoms with Gasteiger partial charge in [-0.25, -0.2) is 0 Å². The highest BCUT2D eigenvalue weighted by Gasteiger charge is 1.71. The molecule has 0 aromatic rings. The first-order valence-corrected chi connectivity index (χ1v) is 3.30. The number of oxime groups is 1. The molecule has 0 rings (SSSR count). The largest absolute Gasteiger partial charge is 0.399 e. The lowest BCUT2D eigenvalue weighted by atomic mass is 10.5. The molecule has 11 heavy (non-hydrogen) atoms. The van der Waals surface area contributed by atoms with Crippen molar-refractivity contribution in [2.45, 2.75) is 13.8 Å². The van der Waals surface area contributed by atoms with Crippen molar-refractivity contribution in [3.05, 3.63) is 0 Å². The van der Waals surface area contributed by atoms with Crippen LogP contribution in [-0.2, 0) is 9.68 Å². The molecule has 0 aliphatic carbocycles. The van der Waals surface area contributed by atoms with Gasteiger partial charge in [-0.15, -0.1) is 0 Å². The van der Waals surface area contributed by atoms with E-state index in [0.29, 0.717) is 0 Å². The minimum absolute atomic E-state index is 0.942. The molecule has 0 amide bonds. The van der Waals surface area contributed by atoms with E-state index in [4.69, 9.17) is 0 Å². The van der Waals surface area contributed by atoms with Crippen molar-refractivity contribution in [2.24, 2.45) is 5.16 Å². The maximum Gasteiger partial charge on any atom is 0.106 e. The van der Waals surface area contributed by atoms with Gasteiger partial charge in [0, 0.05) is 14.1 Å². The van der Waals surface area contributed by atoms with E-state index in [2.05, 4.69) is 14.8 Å². The van der Waals surface area contributed by atoms with Crippen molar-refractivity contribution in [1.82, 2.24) is 5.06 Å². The summed E-state index contributed by atoms with van der Waals surface area (Å²) in [7, 11) is 6.83. The molecule has 0 saturated carbocycles. The van der Waals surface area contributed by atoms with E-state index in [9.17, 15) is 0 Å².